The molecule has 0 atom stereocenters. The highest BCUT2D eigenvalue weighted by atomic mass is 32.1. The third-order valence-corrected chi connectivity index (χ3v) is 13.1. The molecule has 0 amide bonds. The monoisotopic (exact) mass is 824 g/mol. The van der Waals surface area contributed by atoms with Gasteiger partial charge in [0, 0.05) is 65.1 Å². The number of thiophene rings is 1. The Hall–Kier alpha value is -8.33. The number of nitrogens with zero attached hydrogens (tertiary/aromatic N) is 6. The predicted octanol–water partition coefficient (Wildman–Crippen LogP) is 14.4. The van der Waals surface area contributed by atoms with Crippen LogP contribution in [0, 0.1) is 0 Å². The van der Waals surface area contributed by atoms with Crippen molar-refractivity contribution >= 4 is 75.4 Å². The molecular formula is C55H32N6OS. The third kappa shape index (κ3) is 5.62. The normalized spacial score (nSPS) is 11.8. The Bertz CT molecular complexity index is 3910. The van der Waals surface area contributed by atoms with Crippen molar-refractivity contribution in [1.82, 2.24) is 29.5 Å². The second kappa shape index (κ2) is 14.1. The smallest absolute Gasteiger partial charge is 0.164 e. The fourth-order valence-corrected chi connectivity index (χ4v) is 10.3. The standard InChI is InChI=1S/C55H32N6OS/c1-4-17-33(18-5-1)49-51-50(37-24-11-13-32-45(37)63-51)57-53(56-49)39-26-15-30-43-47(39)48-40(27-16-31-44(48)62-43)55-59-52(34-19-6-2-7-20-34)58-54(60-55)38-25-14-29-42-46(38)36-23-10-12-28-41(36)61(42)35-21-8-3-9-22-35/h1-32H. The highest BCUT2D eigenvalue weighted by Gasteiger charge is 2.24. The minimum absolute atomic E-state index is 0.538. The first-order chi connectivity index (χ1) is 31.2. The highest BCUT2D eigenvalue weighted by Crippen LogP contribution is 2.44. The van der Waals surface area contributed by atoms with Gasteiger partial charge in [0.1, 0.15) is 11.2 Å². The van der Waals surface area contributed by atoms with Crippen LogP contribution in [0.15, 0.2) is 199 Å². The van der Waals surface area contributed by atoms with Crippen LogP contribution in [0.3, 0.4) is 0 Å². The molecule has 0 radical (unpaired) electrons. The van der Waals surface area contributed by atoms with Gasteiger partial charge in [-0.05, 0) is 42.5 Å². The van der Waals surface area contributed by atoms with Crippen LogP contribution < -0.4 is 0 Å². The molecule has 5 aromatic heterocycles. The number of para-hydroxylation sites is 2. The summed E-state index contributed by atoms with van der Waals surface area (Å²) in [6, 6.07) is 66.6. The van der Waals surface area contributed by atoms with E-state index in [2.05, 4.69) is 132 Å². The largest absolute Gasteiger partial charge is 0.456 e. The van der Waals surface area contributed by atoms with Crippen LogP contribution in [-0.2, 0) is 0 Å². The van der Waals surface area contributed by atoms with Gasteiger partial charge in [0.2, 0.25) is 0 Å². The number of benzene rings is 8. The van der Waals surface area contributed by atoms with Crippen molar-refractivity contribution in [3.05, 3.63) is 194 Å². The first kappa shape index (κ1) is 35.4. The van der Waals surface area contributed by atoms with Crippen molar-refractivity contribution in [2.75, 3.05) is 0 Å². The second-order valence-electron chi connectivity index (χ2n) is 15.6. The molecule has 0 aliphatic carbocycles. The summed E-state index contributed by atoms with van der Waals surface area (Å²) < 4.78 is 11.2. The van der Waals surface area contributed by atoms with Gasteiger partial charge in [0.15, 0.2) is 23.3 Å². The molecule has 0 aliphatic rings. The van der Waals surface area contributed by atoms with Gasteiger partial charge in [-0.2, -0.15) is 0 Å². The van der Waals surface area contributed by atoms with E-state index < -0.39 is 0 Å². The van der Waals surface area contributed by atoms with Gasteiger partial charge in [-0.25, -0.2) is 24.9 Å². The lowest BCUT2D eigenvalue weighted by molar-refractivity contribution is 0.669. The number of hydrogen-bond donors (Lipinski definition) is 0. The maximum Gasteiger partial charge on any atom is 0.164 e. The van der Waals surface area contributed by atoms with Crippen LogP contribution in [-0.4, -0.2) is 29.5 Å². The van der Waals surface area contributed by atoms with Crippen LogP contribution in [0.4, 0.5) is 0 Å². The Morgan fingerprint density at radius 1 is 0.381 bits per heavy atom. The Kier molecular flexibility index (Phi) is 7.94. The van der Waals surface area contributed by atoms with Crippen molar-refractivity contribution in [3.63, 3.8) is 0 Å². The first-order valence-corrected chi connectivity index (χ1v) is 21.7. The van der Waals surface area contributed by atoms with Crippen molar-refractivity contribution in [1.29, 1.82) is 0 Å². The van der Waals surface area contributed by atoms with Crippen LogP contribution in [0.2, 0.25) is 0 Å². The molecule has 0 saturated heterocycles. The molecule has 5 heterocycles. The Balaban J connectivity index is 1.08. The van der Waals surface area contributed by atoms with E-state index in [0.717, 1.165) is 98.5 Å². The van der Waals surface area contributed by atoms with Crippen LogP contribution in [0.1, 0.15) is 0 Å². The summed E-state index contributed by atoms with van der Waals surface area (Å²) in [5, 5.41) is 5.09. The second-order valence-corrected chi connectivity index (χ2v) is 16.6. The van der Waals surface area contributed by atoms with E-state index in [1.807, 2.05) is 66.7 Å². The summed E-state index contributed by atoms with van der Waals surface area (Å²) in [6.45, 7) is 0. The van der Waals surface area contributed by atoms with Crippen molar-refractivity contribution < 1.29 is 4.42 Å². The minimum Gasteiger partial charge on any atom is -0.456 e. The maximum atomic E-state index is 6.69. The molecule has 0 unspecified atom stereocenters. The Morgan fingerprint density at radius 3 is 1.60 bits per heavy atom. The molecular weight excluding hydrogens is 793 g/mol. The lowest BCUT2D eigenvalue weighted by Crippen LogP contribution is -2.01. The van der Waals surface area contributed by atoms with Crippen LogP contribution >= 0.6 is 11.3 Å². The zero-order chi connectivity index (χ0) is 41.4. The number of hydrogen-bond acceptors (Lipinski definition) is 7. The lowest BCUT2D eigenvalue weighted by atomic mass is 10.0. The molecule has 13 rings (SSSR count). The molecule has 13 aromatic rings. The summed E-state index contributed by atoms with van der Waals surface area (Å²) >= 11 is 1.73. The third-order valence-electron chi connectivity index (χ3n) is 11.9. The summed E-state index contributed by atoms with van der Waals surface area (Å²) in [6.07, 6.45) is 0. The fraction of sp³-hybridized carbons (Fsp3) is 0. The molecule has 0 saturated carbocycles. The molecule has 63 heavy (non-hydrogen) atoms. The van der Waals surface area contributed by atoms with E-state index >= 15 is 0 Å². The zero-order valence-corrected chi connectivity index (χ0v) is 34.3. The first-order valence-electron chi connectivity index (χ1n) is 20.8. The highest BCUT2D eigenvalue weighted by molar-refractivity contribution is 7.26. The molecule has 0 bridgehead atoms. The topological polar surface area (TPSA) is 82.5 Å². The predicted molar refractivity (Wildman–Crippen MR) is 257 cm³/mol. The molecule has 7 nitrogen and oxygen atoms in total. The molecule has 0 N–H and O–H groups in total. The summed E-state index contributed by atoms with van der Waals surface area (Å²) in [7, 11) is 0. The Morgan fingerprint density at radius 2 is 0.905 bits per heavy atom. The van der Waals surface area contributed by atoms with Crippen molar-refractivity contribution in [2.45, 2.75) is 0 Å². The number of aromatic nitrogens is 6. The van der Waals surface area contributed by atoms with Gasteiger partial charge in [-0.15, -0.1) is 11.3 Å². The van der Waals surface area contributed by atoms with Crippen molar-refractivity contribution in [2.24, 2.45) is 0 Å². The van der Waals surface area contributed by atoms with E-state index in [-0.39, 0.29) is 0 Å². The number of furan rings is 1. The van der Waals surface area contributed by atoms with Crippen LogP contribution in [0.5, 0.6) is 0 Å². The van der Waals surface area contributed by atoms with E-state index in [0.29, 0.717) is 23.3 Å². The van der Waals surface area contributed by atoms with Gasteiger partial charge >= 0.3 is 0 Å². The average molecular weight is 825 g/mol. The van der Waals surface area contributed by atoms with E-state index in [9.17, 15) is 0 Å². The van der Waals surface area contributed by atoms with E-state index in [4.69, 9.17) is 29.3 Å². The summed E-state index contributed by atoms with van der Waals surface area (Å²) in [4.78, 5) is 26.6. The number of fused-ring (bicyclic) bond motifs is 9. The van der Waals surface area contributed by atoms with Gasteiger partial charge < -0.3 is 8.98 Å². The van der Waals surface area contributed by atoms with Gasteiger partial charge in [0.25, 0.3) is 0 Å². The van der Waals surface area contributed by atoms with Crippen LogP contribution in [0.25, 0.3) is 127 Å². The van der Waals surface area contributed by atoms with Crippen molar-refractivity contribution in [3.8, 4) is 62.5 Å². The summed E-state index contributed by atoms with van der Waals surface area (Å²) in [5.74, 6) is 2.32. The van der Waals surface area contributed by atoms with E-state index in [1.165, 1.54) is 4.70 Å². The molecule has 0 fully saturated rings. The average Bonchev–Trinajstić information content (AvgIpc) is 4.04. The van der Waals surface area contributed by atoms with Gasteiger partial charge in [-0.3, -0.25) is 0 Å². The molecule has 0 spiro atoms. The Labute approximate surface area is 364 Å². The SMILES string of the molecule is c1ccc(-c2nc(-c3cccc4oc5cccc(-c6nc(-c7ccccc7)c7sc8ccccc8c7n6)c5c34)nc(-c3cccc4c3c3ccccc3n4-c3ccccc3)n2)cc1. The quantitative estimate of drug-likeness (QED) is 0.166. The van der Waals surface area contributed by atoms with E-state index in [1.54, 1.807) is 11.3 Å². The maximum absolute atomic E-state index is 6.69. The molecule has 8 heteroatoms. The zero-order valence-electron chi connectivity index (χ0n) is 33.5. The number of rotatable bonds is 6. The molecule has 8 aromatic carbocycles. The van der Waals surface area contributed by atoms with Gasteiger partial charge in [0.05, 0.1) is 26.9 Å². The fourth-order valence-electron chi connectivity index (χ4n) is 9.14. The summed E-state index contributed by atoms with van der Waals surface area (Å²) in [5.41, 5.74) is 11.1. The lowest BCUT2D eigenvalue weighted by Gasteiger charge is -2.11. The molecule has 294 valence electrons. The van der Waals surface area contributed by atoms with Gasteiger partial charge in [-0.1, -0.05) is 152 Å². The minimum atomic E-state index is 0.538. The molecule has 0 aliphatic heterocycles.